The molecule has 1 aliphatic rings. The summed E-state index contributed by atoms with van der Waals surface area (Å²) < 4.78 is 0.960. The quantitative estimate of drug-likeness (QED) is 0.796. The van der Waals surface area contributed by atoms with E-state index in [0.29, 0.717) is 6.54 Å². The first-order valence-electron chi connectivity index (χ1n) is 5.85. The molecule has 0 unspecified atom stereocenters. The Morgan fingerprint density at radius 2 is 2.00 bits per heavy atom. The Bertz CT molecular complexity index is 400. The maximum absolute atomic E-state index is 12.1. The lowest BCUT2D eigenvalue weighted by Crippen LogP contribution is -2.46. The van der Waals surface area contributed by atoms with Crippen molar-refractivity contribution in [2.45, 2.75) is 0 Å². The third-order valence-corrected chi connectivity index (χ3v) is 3.60. The molecule has 0 atom stereocenters. The first kappa shape index (κ1) is 12.7. The van der Waals surface area contributed by atoms with E-state index in [1.807, 2.05) is 24.3 Å². The van der Waals surface area contributed by atoms with Crippen molar-refractivity contribution < 1.29 is 4.79 Å². The second-order valence-electron chi connectivity index (χ2n) is 4.51. The molecule has 92 valence electrons. The molecule has 1 aromatic carbocycles. The molecule has 0 spiro atoms. The van der Waals surface area contributed by atoms with Crippen molar-refractivity contribution in [1.82, 2.24) is 9.80 Å². The van der Waals surface area contributed by atoms with Crippen LogP contribution in [0.5, 0.6) is 0 Å². The van der Waals surface area contributed by atoms with Crippen molar-refractivity contribution in [3.8, 4) is 0 Å². The molecule has 17 heavy (non-hydrogen) atoms. The van der Waals surface area contributed by atoms with Crippen molar-refractivity contribution in [2.75, 3.05) is 39.8 Å². The van der Waals surface area contributed by atoms with Crippen molar-refractivity contribution >= 4 is 21.7 Å². The van der Waals surface area contributed by atoms with E-state index in [0.717, 1.165) is 36.2 Å². The van der Waals surface area contributed by atoms with Crippen LogP contribution >= 0.6 is 15.9 Å². The SMILES string of the molecule is CN1CCN(CC(=O)c2cccc(Br)c2)CC1. The highest BCUT2D eigenvalue weighted by Gasteiger charge is 2.17. The van der Waals surface area contributed by atoms with Gasteiger partial charge in [0.2, 0.25) is 0 Å². The van der Waals surface area contributed by atoms with E-state index in [-0.39, 0.29) is 5.78 Å². The lowest BCUT2D eigenvalue weighted by Gasteiger charge is -2.31. The van der Waals surface area contributed by atoms with Gasteiger partial charge in [0.05, 0.1) is 6.54 Å². The van der Waals surface area contributed by atoms with Gasteiger partial charge in [-0.1, -0.05) is 28.1 Å². The average Bonchev–Trinajstić information content (AvgIpc) is 2.32. The monoisotopic (exact) mass is 296 g/mol. The van der Waals surface area contributed by atoms with Gasteiger partial charge in [0.1, 0.15) is 0 Å². The number of benzene rings is 1. The number of hydrogen-bond acceptors (Lipinski definition) is 3. The minimum atomic E-state index is 0.204. The van der Waals surface area contributed by atoms with Crippen LogP contribution in [0.2, 0.25) is 0 Å². The topological polar surface area (TPSA) is 23.6 Å². The largest absolute Gasteiger partial charge is 0.304 e. The molecule has 1 saturated heterocycles. The Hall–Kier alpha value is -0.710. The van der Waals surface area contributed by atoms with E-state index in [1.165, 1.54) is 0 Å². The van der Waals surface area contributed by atoms with E-state index >= 15 is 0 Å². The van der Waals surface area contributed by atoms with Crippen LogP contribution in [0.25, 0.3) is 0 Å². The number of ketones is 1. The average molecular weight is 297 g/mol. The number of piperazine rings is 1. The van der Waals surface area contributed by atoms with Crippen molar-refractivity contribution in [2.24, 2.45) is 0 Å². The zero-order valence-electron chi connectivity index (χ0n) is 10.0. The van der Waals surface area contributed by atoms with Gasteiger partial charge in [0.25, 0.3) is 0 Å². The van der Waals surface area contributed by atoms with Crippen LogP contribution in [0, 0.1) is 0 Å². The normalized spacial score (nSPS) is 18.2. The van der Waals surface area contributed by atoms with Crippen LogP contribution in [-0.2, 0) is 0 Å². The molecule has 0 bridgehead atoms. The van der Waals surface area contributed by atoms with Gasteiger partial charge >= 0.3 is 0 Å². The van der Waals surface area contributed by atoms with E-state index in [2.05, 4.69) is 32.8 Å². The molecule has 0 amide bonds. The Morgan fingerprint density at radius 3 is 2.65 bits per heavy atom. The molecule has 0 saturated carbocycles. The Morgan fingerprint density at radius 1 is 1.29 bits per heavy atom. The predicted octanol–water partition coefficient (Wildman–Crippen LogP) is 1.88. The molecule has 0 aliphatic carbocycles. The number of hydrogen-bond donors (Lipinski definition) is 0. The lowest BCUT2D eigenvalue weighted by molar-refractivity contribution is 0.0876. The van der Waals surface area contributed by atoms with Gasteiger partial charge in [0.15, 0.2) is 5.78 Å². The van der Waals surface area contributed by atoms with E-state index in [9.17, 15) is 4.79 Å². The van der Waals surface area contributed by atoms with Crippen molar-refractivity contribution in [1.29, 1.82) is 0 Å². The molecule has 0 aromatic heterocycles. The molecule has 4 heteroatoms. The first-order valence-corrected chi connectivity index (χ1v) is 6.64. The molecular weight excluding hydrogens is 280 g/mol. The van der Waals surface area contributed by atoms with E-state index in [4.69, 9.17) is 0 Å². The second kappa shape index (κ2) is 5.76. The third-order valence-electron chi connectivity index (χ3n) is 3.11. The fraction of sp³-hybridized carbons (Fsp3) is 0.462. The lowest BCUT2D eigenvalue weighted by atomic mass is 10.1. The van der Waals surface area contributed by atoms with Gasteiger partial charge < -0.3 is 4.90 Å². The number of carbonyl (C=O) groups excluding carboxylic acids is 1. The van der Waals surface area contributed by atoms with Crippen LogP contribution in [-0.4, -0.2) is 55.4 Å². The second-order valence-corrected chi connectivity index (χ2v) is 5.43. The van der Waals surface area contributed by atoms with Crippen LogP contribution in [0.15, 0.2) is 28.7 Å². The number of halogens is 1. The van der Waals surface area contributed by atoms with Gasteiger partial charge in [-0.05, 0) is 19.2 Å². The van der Waals surface area contributed by atoms with Gasteiger partial charge in [-0.2, -0.15) is 0 Å². The number of carbonyl (C=O) groups is 1. The van der Waals surface area contributed by atoms with Crippen molar-refractivity contribution in [3.05, 3.63) is 34.3 Å². The molecule has 3 nitrogen and oxygen atoms in total. The fourth-order valence-corrected chi connectivity index (χ4v) is 2.36. The zero-order valence-corrected chi connectivity index (χ0v) is 11.6. The van der Waals surface area contributed by atoms with Crippen LogP contribution in [0.3, 0.4) is 0 Å². The van der Waals surface area contributed by atoms with E-state index in [1.54, 1.807) is 0 Å². The van der Waals surface area contributed by atoms with Gasteiger partial charge in [0, 0.05) is 36.2 Å². The molecule has 1 heterocycles. The smallest absolute Gasteiger partial charge is 0.176 e. The Kier molecular flexibility index (Phi) is 4.31. The summed E-state index contributed by atoms with van der Waals surface area (Å²) >= 11 is 3.39. The Labute approximate surface area is 111 Å². The first-order chi connectivity index (χ1) is 8.15. The standard InChI is InChI=1S/C13H17BrN2O/c1-15-5-7-16(8-6-15)10-13(17)11-3-2-4-12(14)9-11/h2-4,9H,5-8,10H2,1H3. The fourth-order valence-electron chi connectivity index (χ4n) is 1.96. The molecule has 1 aliphatic heterocycles. The Balaban J connectivity index is 1.93. The summed E-state index contributed by atoms with van der Waals surface area (Å²) in [5, 5.41) is 0. The molecule has 0 N–H and O–H groups in total. The summed E-state index contributed by atoms with van der Waals surface area (Å²) in [6.45, 7) is 4.59. The highest BCUT2D eigenvalue weighted by Crippen LogP contribution is 2.12. The van der Waals surface area contributed by atoms with Gasteiger partial charge in [-0.15, -0.1) is 0 Å². The predicted molar refractivity (Wildman–Crippen MR) is 72.4 cm³/mol. The van der Waals surface area contributed by atoms with Gasteiger partial charge in [-0.25, -0.2) is 0 Å². The van der Waals surface area contributed by atoms with Gasteiger partial charge in [-0.3, -0.25) is 9.69 Å². The highest BCUT2D eigenvalue weighted by atomic mass is 79.9. The summed E-state index contributed by atoms with van der Waals surface area (Å²) in [4.78, 5) is 16.6. The number of likely N-dealkylation sites (N-methyl/N-ethyl adjacent to an activating group) is 1. The van der Waals surface area contributed by atoms with E-state index < -0.39 is 0 Å². The summed E-state index contributed by atoms with van der Waals surface area (Å²) in [7, 11) is 2.12. The molecular formula is C13H17BrN2O. The summed E-state index contributed by atoms with van der Waals surface area (Å²) in [6, 6.07) is 7.61. The number of nitrogens with zero attached hydrogens (tertiary/aromatic N) is 2. The third kappa shape index (κ3) is 3.63. The minimum Gasteiger partial charge on any atom is -0.304 e. The van der Waals surface area contributed by atoms with Crippen LogP contribution in [0.4, 0.5) is 0 Å². The van der Waals surface area contributed by atoms with Crippen LogP contribution in [0.1, 0.15) is 10.4 Å². The summed E-state index contributed by atoms with van der Waals surface area (Å²) in [6.07, 6.45) is 0. The molecule has 1 aromatic rings. The minimum absolute atomic E-state index is 0.204. The zero-order chi connectivity index (χ0) is 12.3. The molecule has 2 rings (SSSR count). The summed E-state index contributed by atoms with van der Waals surface area (Å²) in [5.74, 6) is 0.204. The maximum atomic E-state index is 12.1. The van der Waals surface area contributed by atoms with Crippen LogP contribution < -0.4 is 0 Å². The highest BCUT2D eigenvalue weighted by molar-refractivity contribution is 9.10. The van der Waals surface area contributed by atoms with Crippen molar-refractivity contribution in [3.63, 3.8) is 0 Å². The molecule has 1 fully saturated rings. The number of rotatable bonds is 3. The summed E-state index contributed by atoms with van der Waals surface area (Å²) in [5.41, 5.74) is 0.790. The molecule has 0 radical (unpaired) electrons. The maximum Gasteiger partial charge on any atom is 0.176 e. The number of Topliss-reactive ketones (excluding diaryl/α,β-unsaturated/α-hetero) is 1.